The molecule has 0 fully saturated rings. The maximum absolute atomic E-state index is 14.3. The third-order valence-corrected chi connectivity index (χ3v) is 4.65. The summed E-state index contributed by atoms with van der Waals surface area (Å²) in [5.41, 5.74) is -0.641. The van der Waals surface area contributed by atoms with E-state index in [1.807, 2.05) is 0 Å². The molecular formula is C15H11ClF4N4OS. The van der Waals surface area contributed by atoms with E-state index in [1.54, 1.807) is 7.05 Å². The fourth-order valence-corrected chi connectivity index (χ4v) is 3.41. The Morgan fingerprint density at radius 2 is 2.04 bits per heavy atom. The molecule has 1 aromatic carbocycles. The Labute approximate surface area is 153 Å². The van der Waals surface area contributed by atoms with E-state index in [1.165, 1.54) is 23.0 Å². The Hall–Kier alpha value is -2.07. The van der Waals surface area contributed by atoms with Gasteiger partial charge < -0.3 is 4.57 Å². The first kappa shape index (κ1) is 18.7. The highest BCUT2D eigenvalue weighted by Crippen LogP contribution is 2.28. The second-order valence-electron chi connectivity index (χ2n) is 5.37. The lowest BCUT2D eigenvalue weighted by Gasteiger charge is -2.13. The van der Waals surface area contributed by atoms with Crippen molar-refractivity contribution < 1.29 is 17.6 Å². The molecule has 0 aliphatic carbocycles. The van der Waals surface area contributed by atoms with Gasteiger partial charge in [-0.25, -0.2) is 14.4 Å². The summed E-state index contributed by atoms with van der Waals surface area (Å²) in [5.74, 6) is -1.16. The Kier molecular flexibility index (Phi) is 4.98. The molecule has 0 aliphatic heterocycles. The molecule has 0 N–H and O–H groups in total. The van der Waals surface area contributed by atoms with Crippen molar-refractivity contribution in [1.82, 2.24) is 19.1 Å². The number of hydrogen-bond donors (Lipinski definition) is 0. The second-order valence-corrected chi connectivity index (χ2v) is 6.87. The fourth-order valence-electron chi connectivity index (χ4n) is 2.27. The molecule has 0 radical (unpaired) electrons. The lowest BCUT2D eigenvalue weighted by molar-refractivity contribution is -0.129. The zero-order chi connectivity index (χ0) is 19.1. The van der Waals surface area contributed by atoms with Crippen LogP contribution in [-0.2, 0) is 7.05 Å². The van der Waals surface area contributed by atoms with Crippen LogP contribution in [0.15, 0.2) is 34.5 Å². The molecule has 0 spiro atoms. The van der Waals surface area contributed by atoms with Crippen LogP contribution >= 0.6 is 23.4 Å². The Balaban J connectivity index is 2.16. The van der Waals surface area contributed by atoms with E-state index in [4.69, 9.17) is 11.6 Å². The lowest BCUT2D eigenvalue weighted by Crippen LogP contribution is -2.23. The number of aromatic nitrogens is 4. The average molecular weight is 407 g/mol. The summed E-state index contributed by atoms with van der Waals surface area (Å²) in [7, 11) is 1.60. The van der Waals surface area contributed by atoms with Crippen LogP contribution in [-0.4, -0.2) is 31.0 Å². The number of nitrogens with zero attached hydrogens (tertiary/aromatic N) is 4. The zero-order valence-electron chi connectivity index (χ0n) is 13.2. The monoisotopic (exact) mass is 406 g/mol. The highest BCUT2D eigenvalue weighted by Gasteiger charge is 2.27. The van der Waals surface area contributed by atoms with Crippen LogP contribution in [0.5, 0.6) is 0 Å². The van der Waals surface area contributed by atoms with Crippen molar-refractivity contribution in [2.24, 2.45) is 7.05 Å². The van der Waals surface area contributed by atoms with E-state index < -0.39 is 24.0 Å². The topological polar surface area (TPSA) is 52.7 Å². The number of rotatable bonds is 4. The molecule has 0 atom stereocenters. The maximum Gasteiger partial charge on any atom is 0.389 e. The van der Waals surface area contributed by atoms with Crippen molar-refractivity contribution in [3.63, 3.8) is 0 Å². The molecule has 0 saturated heterocycles. The molecule has 3 rings (SSSR count). The van der Waals surface area contributed by atoms with Gasteiger partial charge >= 0.3 is 6.18 Å². The van der Waals surface area contributed by atoms with Gasteiger partial charge in [-0.3, -0.25) is 9.36 Å². The largest absolute Gasteiger partial charge is 0.389 e. The van der Waals surface area contributed by atoms with Gasteiger partial charge in [0.25, 0.3) is 5.56 Å². The Morgan fingerprint density at radius 3 is 2.69 bits per heavy atom. The minimum atomic E-state index is -4.35. The number of alkyl halides is 3. The molecule has 2 heterocycles. The number of benzene rings is 1. The number of fused-ring (bicyclic) bond motifs is 1. The summed E-state index contributed by atoms with van der Waals surface area (Å²) in [5, 5.41) is 0.0639. The van der Waals surface area contributed by atoms with Crippen LogP contribution < -0.4 is 5.56 Å². The summed E-state index contributed by atoms with van der Waals surface area (Å²) >= 11 is 6.44. The highest BCUT2D eigenvalue weighted by atomic mass is 35.5. The van der Waals surface area contributed by atoms with Crippen molar-refractivity contribution in [1.29, 1.82) is 0 Å². The predicted octanol–water partition coefficient (Wildman–Crippen LogP) is 3.96. The predicted molar refractivity (Wildman–Crippen MR) is 90.5 cm³/mol. The van der Waals surface area contributed by atoms with E-state index >= 15 is 0 Å². The fraction of sp³-hybridized carbons (Fsp3) is 0.267. The number of halogens is 5. The molecule has 2 aromatic heterocycles. The minimum absolute atomic E-state index is 0.0120. The van der Waals surface area contributed by atoms with Crippen LogP contribution in [0.3, 0.4) is 0 Å². The zero-order valence-corrected chi connectivity index (χ0v) is 14.8. The van der Waals surface area contributed by atoms with Crippen LogP contribution in [0, 0.1) is 5.82 Å². The second kappa shape index (κ2) is 6.92. The highest BCUT2D eigenvalue weighted by molar-refractivity contribution is 7.99. The van der Waals surface area contributed by atoms with E-state index in [0.717, 1.165) is 10.6 Å². The minimum Gasteiger partial charge on any atom is -0.318 e. The van der Waals surface area contributed by atoms with Gasteiger partial charge in [0.05, 0.1) is 18.4 Å². The smallest absolute Gasteiger partial charge is 0.318 e. The molecule has 0 aliphatic rings. The van der Waals surface area contributed by atoms with Gasteiger partial charge in [-0.15, -0.1) is 0 Å². The molecule has 11 heteroatoms. The first-order valence-electron chi connectivity index (χ1n) is 7.26. The van der Waals surface area contributed by atoms with Gasteiger partial charge in [-0.05, 0) is 18.2 Å². The molecule has 0 bridgehead atoms. The van der Waals surface area contributed by atoms with Gasteiger partial charge in [0.1, 0.15) is 5.82 Å². The molecule has 5 nitrogen and oxygen atoms in total. The van der Waals surface area contributed by atoms with Gasteiger partial charge in [0.2, 0.25) is 0 Å². The van der Waals surface area contributed by atoms with Crippen molar-refractivity contribution in [2.75, 3.05) is 5.75 Å². The average Bonchev–Trinajstić information content (AvgIpc) is 2.89. The third kappa shape index (κ3) is 3.70. The normalized spacial score (nSPS) is 12.1. The van der Waals surface area contributed by atoms with Crippen LogP contribution in [0.4, 0.5) is 17.6 Å². The molecular weight excluding hydrogens is 396 g/mol. The van der Waals surface area contributed by atoms with Crippen LogP contribution in [0.2, 0.25) is 5.02 Å². The third-order valence-electron chi connectivity index (χ3n) is 3.47. The van der Waals surface area contributed by atoms with E-state index in [2.05, 4.69) is 9.97 Å². The first-order chi connectivity index (χ1) is 12.2. The van der Waals surface area contributed by atoms with Crippen LogP contribution in [0.1, 0.15) is 6.42 Å². The van der Waals surface area contributed by atoms with Gasteiger partial charge in [-0.1, -0.05) is 23.4 Å². The number of thioether (sulfide) groups is 1. The number of imidazole rings is 1. The number of aryl methyl sites for hydroxylation is 1. The van der Waals surface area contributed by atoms with Crippen LogP contribution in [0.25, 0.3) is 16.9 Å². The van der Waals surface area contributed by atoms with E-state index in [9.17, 15) is 22.4 Å². The standard InChI is InChI=1S/C15H11ClF4N4OS/c1-23-7-21-11-12(23)22-14(26-5-4-15(18,19)20)24(13(11)25)10-3-2-8(16)6-9(10)17/h2-3,6-7H,4-5H2,1H3. The molecule has 0 amide bonds. The quantitative estimate of drug-likeness (QED) is 0.374. The molecule has 138 valence electrons. The molecule has 0 unspecified atom stereocenters. The van der Waals surface area contributed by atoms with Crippen molar-refractivity contribution in [3.8, 4) is 5.69 Å². The summed E-state index contributed by atoms with van der Waals surface area (Å²) < 4.78 is 54.0. The van der Waals surface area contributed by atoms with Gasteiger partial charge in [-0.2, -0.15) is 13.2 Å². The van der Waals surface area contributed by atoms with Gasteiger partial charge in [0, 0.05) is 17.8 Å². The molecule has 0 saturated carbocycles. The summed E-state index contributed by atoms with van der Waals surface area (Å²) in [4.78, 5) is 20.9. The Bertz CT molecular complexity index is 1030. The first-order valence-corrected chi connectivity index (χ1v) is 8.63. The molecule has 3 aromatic rings. The molecule has 26 heavy (non-hydrogen) atoms. The van der Waals surface area contributed by atoms with Gasteiger partial charge in [0.15, 0.2) is 16.3 Å². The van der Waals surface area contributed by atoms with Crippen molar-refractivity contribution in [3.05, 3.63) is 45.7 Å². The Morgan fingerprint density at radius 1 is 1.31 bits per heavy atom. The summed E-state index contributed by atoms with van der Waals surface area (Å²) in [6, 6.07) is 3.65. The van der Waals surface area contributed by atoms with Crippen molar-refractivity contribution >= 4 is 34.5 Å². The van der Waals surface area contributed by atoms with Crippen molar-refractivity contribution in [2.45, 2.75) is 17.8 Å². The number of hydrogen-bond acceptors (Lipinski definition) is 4. The summed E-state index contributed by atoms with van der Waals surface area (Å²) in [6.07, 6.45) is -4.06. The van der Waals surface area contributed by atoms with E-state index in [-0.39, 0.29) is 32.8 Å². The maximum atomic E-state index is 14.3. The lowest BCUT2D eigenvalue weighted by atomic mass is 10.3. The summed E-state index contributed by atoms with van der Waals surface area (Å²) in [6.45, 7) is 0. The van der Waals surface area contributed by atoms with E-state index in [0.29, 0.717) is 11.8 Å². The SMILES string of the molecule is Cn1cnc2c(=O)n(-c3ccc(Cl)cc3F)c(SCCC(F)(F)F)nc21.